The third kappa shape index (κ3) is 3.18. The molecule has 2 aliphatic heterocycles. The molecule has 0 aliphatic carbocycles. The van der Waals surface area contributed by atoms with Crippen LogP contribution in [0.5, 0.6) is 0 Å². The fourth-order valence-corrected chi connectivity index (χ4v) is 3.96. The Morgan fingerprint density at radius 3 is 2.43 bits per heavy atom. The normalized spacial score (nSPS) is 26.6. The van der Waals surface area contributed by atoms with Crippen molar-refractivity contribution in [3.05, 3.63) is 35.9 Å². The highest BCUT2D eigenvalue weighted by atomic mass is 16.2. The van der Waals surface area contributed by atoms with E-state index in [4.69, 9.17) is 0 Å². The molecule has 0 radical (unpaired) electrons. The molecule has 3 rings (SSSR count). The van der Waals surface area contributed by atoms with Gasteiger partial charge < -0.3 is 4.90 Å². The summed E-state index contributed by atoms with van der Waals surface area (Å²) in [4.78, 5) is 28.8. The summed E-state index contributed by atoms with van der Waals surface area (Å²) in [6, 6.07) is 10.0. The number of likely N-dealkylation sites (N-methyl/N-ethyl adjacent to an activating group) is 1. The van der Waals surface area contributed by atoms with Gasteiger partial charge in [-0.25, -0.2) is 0 Å². The van der Waals surface area contributed by atoms with E-state index in [2.05, 4.69) is 4.90 Å². The van der Waals surface area contributed by atoms with Crippen LogP contribution in [0.2, 0.25) is 0 Å². The Kier molecular flexibility index (Phi) is 4.81. The van der Waals surface area contributed by atoms with E-state index in [0.29, 0.717) is 12.8 Å². The van der Waals surface area contributed by atoms with E-state index in [0.717, 1.165) is 31.6 Å². The van der Waals surface area contributed by atoms with E-state index in [9.17, 15) is 9.59 Å². The quantitative estimate of drug-likeness (QED) is 0.802. The largest absolute Gasteiger partial charge is 0.303 e. The fourth-order valence-electron chi connectivity index (χ4n) is 3.96. The summed E-state index contributed by atoms with van der Waals surface area (Å²) >= 11 is 0. The summed E-state index contributed by atoms with van der Waals surface area (Å²) < 4.78 is 0. The predicted molar refractivity (Wildman–Crippen MR) is 90.0 cm³/mol. The first-order valence-corrected chi connectivity index (χ1v) is 8.72. The first kappa shape index (κ1) is 16.2. The van der Waals surface area contributed by atoms with Gasteiger partial charge in [-0.15, -0.1) is 0 Å². The second kappa shape index (κ2) is 6.83. The van der Waals surface area contributed by atoms with Crippen LogP contribution in [0.15, 0.2) is 30.3 Å². The van der Waals surface area contributed by atoms with Crippen LogP contribution in [0.1, 0.15) is 44.1 Å². The summed E-state index contributed by atoms with van der Waals surface area (Å²) in [6.45, 7) is 3.20. The van der Waals surface area contributed by atoms with Crippen molar-refractivity contribution in [2.24, 2.45) is 0 Å². The van der Waals surface area contributed by atoms with Crippen LogP contribution in [0.4, 0.5) is 0 Å². The molecule has 1 aromatic rings. The number of piperidine rings is 2. The zero-order valence-electron chi connectivity index (χ0n) is 14.0. The third-order valence-electron chi connectivity index (χ3n) is 5.48. The zero-order valence-corrected chi connectivity index (χ0v) is 14.0. The minimum atomic E-state index is -0.540. The highest BCUT2D eigenvalue weighted by Gasteiger charge is 2.46. The maximum absolute atomic E-state index is 13.0. The van der Waals surface area contributed by atoms with E-state index in [-0.39, 0.29) is 11.8 Å². The summed E-state index contributed by atoms with van der Waals surface area (Å²) in [7, 11) is 1.63. The Morgan fingerprint density at radius 1 is 1.04 bits per heavy atom. The minimum Gasteiger partial charge on any atom is -0.303 e. The van der Waals surface area contributed by atoms with Gasteiger partial charge in [0.1, 0.15) is 0 Å². The van der Waals surface area contributed by atoms with Crippen molar-refractivity contribution in [3.63, 3.8) is 0 Å². The summed E-state index contributed by atoms with van der Waals surface area (Å²) in [5.41, 5.74) is 0.517. The number of carbonyl (C=O) groups is 2. The van der Waals surface area contributed by atoms with Gasteiger partial charge in [0.25, 0.3) is 0 Å². The second-order valence-electron chi connectivity index (χ2n) is 6.86. The predicted octanol–water partition coefficient (Wildman–Crippen LogP) is 2.58. The van der Waals surface area contributed by atoms with Gasteiger partial charge in [0.05, 0.1) is 5.41 Å². The van der Waals surface area contributed by atoms with Crippen molar-refractivity contribution < 1.29 is 9.59 Å². The number of carbonyl (C=O) groups excluding carboxylic acids is 2. The third-order valence-corrected chi connectivity index (χ3v) is 5.48. The molecule has 1 atom stereocenters. The first-order valence-electron chi connectivity index (χ1n) is 8.72. The fraction of sp³-hybridized carbons (Fsp3) is 0.579. The van der Waals surface area contributed by atoms with Crippen LogP contribution in [-0.4, -0.2) is 48.3 Å². The minimum absolute atomic E-state index is 0.0306. The van der Waals surface area contributed by atoms with Crippen molar-refractivity contribution >= 4 is 11.8 Å². The summed E-state index contributed by atoms with van der Waals surface area (Å²) in [5, 5.41) is 0. The molecule has 4 heteroatoms. The molecule has 1 aromatic carbocycles. The Bertz CT molecular complexity index is 566. The van der Waals surface area contributed by atoms with Crippen molar-refractivity contribution in [1.29, 1.82) is 0 Å². The molecule has 2 saturated heterocycles. The molecule has 2 amide bonds. The Balaban J connectivity index is 1.84. The van der Waals surface area contributed by atoms with Crippen molar-refractivity contribution in [3.8, 4) is 0 Å². The lowest BCUT2D eigenvalue weighted by Gasteiger charge is -2.41. The number of amides is 2. The highest BCUT2D eigenvalue weighted by Crippen LogP contribution is 2.38. The lowest BCUT2D eigenvalue weighted by atomic mass is 9.70. The van der Waals surface area contributed by atoms with Crippen LogP contribution in [0, 0.1) is 0 Å². The molecular formula is C19H26N2O2. The standard InChI is InChI=1S/C19H26N2O2/c1-20-17(22)10-11-19(18(20)23,16-8-4-2-5-9-16)12-15-21-13-6-3-7-14-21/h2,4-5,8-9H,3,6-7,10-15H2,1H3/t19-/m1/s1. The lowest BCUT2D eigenvalue weighted by molar-refractivity contribution is -0.152. The molecule has 0 aromatic heterocycles. The highest BCUT2D eigenvalue weighted by molar-refractivity contribution is 6.03. The molecule has 124 valence electrons. The lowest BCUT2D eigenvalue weighted by Crippen LogP contribution is -2.53. The number of likely N-dealkylation sites (tertiary alicyclic amines) is 2. The Labute approximate surface area is 138 Å². The van der Waals surface area contributed by atoms with Gasteiger partial charge in [-0.2, -0.15) is 0 Å². The van der Waals surface area contributed by atoms with Crippen LogP contribution in [0.3, 0.4) is 0 Å². The average Bonchev–Trinajstić information content (AvgIpc) is 2.61. The van der Waals surface area contributed by atoms with E-state index >= 15 is 0 Å². The second-order valence-corrected chi connectivity index (χ2v) is 6.86. The molecule has 0 N–H and O–H groups in total. The number of nitrogens with zero attached hydrogens (tertiary/aromatic N) is 2. The van der Waals surface area contributed by atoms with Crippen molar-refractivity contribution in [1.82, 2.24) is 9.80 Å². The van der Waals surface area contributed by atoms with E-state index in [1.54, 1.807) is 7.05 Å². The molecule has 0 saturated carbocycles. The molecule has 0 spiro atoms. The molecule has 2 aliphatic rings. The number of imide groups is 1. The Morgan fingerprint density at radius 2 is 1.74 bits per heavy atom. The van der Waals surface area contributed by atoms with E-state index in [1.807, 2.05) is 30.3 Å². The van der Waals surface area contributed by atoms with Gasteiger partial charge in [0.15, 0.2) is 0 Å². The van der Waals surface area contributed by atoms with Crippen molar-refractivity contribution in [2.45, 2.75) is 43.9 Å². The molecule has 2 fully saturated rings. The number of hydrogen-bond acceptors (Lipinski definition) is 3. The van der Waals surface area contributed by atoms with Gasteiger partial charge >= 0.3 is 0 Å². The monoisotopic (exact) mass is 314 g/mol. The molecule has 2 heterocycles. The molecule has 23 heavy (non-hydrogen) atoms. The Hall–Kier alpha value is -1.68. The number of benzene rings is 1. The first-order chi connectivity index (χ1) is 11.1. The van der Waals surface area contributed by atoms with E-state index < -0.39 is 5.41 Å². The van der Waals surface area contributed by atoms with Gasteiger partial charge in [-0.1, -0.05) is 36.8 Å². The molecule has 0 unspecified atom stereocenters. The molecular weight excluding hydrogens is 288 g/mol. The summed E-state index contributed by atoms with van der Waals surface area (Å²) in [6.07, 6.45) is 5.71. The summed E-state index contributed by atoms with van der Waals surface area (Å²) in [5.74, 6) is -0.0866. The molecule has 4 nitrogen and oxygen atoms in total. The van der Waals surface area contributed by atoms with Crippen LogP contribution in [0.25, 0.3) is 0 Å². The van der Waals surface area contributed by atoms with Crippen molar-refractivity contribution in [2.75, 3.05) is 26.7 Å². The van der Waals surface area contributed by atoms with Crippen LogP contribution < -0.4 is 0 Å². The van der Waals surface area contributed by atoms with Gasteiger partial charge in [-0.3, -0.25) is 14.5 Å². The SMILES string of the molecule is CN1C(=O)CC[C@@](CCN2CCCCC2)(c2ccccc2)C1=O. The van der Waals surface area contributed by atoms with Crippen LogP contribution in [-0.2, 0) is 15.0 Å². The number of rotatable bonds is 4. The maximum Gasteiger partial charge on any atom is 0.239 e. The van der Waals surface area contributed by atoms with Gasteiger partial charge in [0.2, 0.25) is 11.8 Å². The number of hydrogen-bond donors (Lipinski definition) is 0. The van der Waals surface area contributed by atoms with E-state index in [1.165, 1.54) is 24.2 Å². The van der Waals surface area contributed by atoms with Crippen LogP contribution >= 0.6 is 0 Å². The average molecular weight is 314 g/mol. The smallest absolute Gasteiger partial charge is 0.239 e. The molecule has 0 bridgehead atoms. The van der Waals surface area contributed by atoms with Gasteiger partial charge in [-0.05, 0) is 50.9 Å². The topological polar surface area (TPSA) is 40.6 Å². The zero-order chi connectivity index (χ0) is 16.3. The van der Waals surface area contributed by atoms with Gasteiger partial charge in [0, 0.05) is 13.5 Å². The maximum atomic E-state index is 13.0.